The van der Waals surface area contributed by atoms with Crippen molar-refractivity contribution < 1.29 is 14.3 Å². The van der Waals surface area contributed by atoms with Crippen molar-refractivity contribution in [1.29, 1.82) is 0 Å². The van der Waals surface area contributed by atoms with Crippen molar-refractivity contribution in [1.82, 2.24) is 15.2 Å². The molecule has 7 heteroatoms. The van der Waals surface area contributed by atoms with Crippen LogP contribution in [0.3, 0.4) is 0 Å². The minimum atomic E-state index is -0.527. The van der Waals surface area contributed by atoms with Crippen molar-refractivity contribution >= 4 is 29.5 Å². The fraction of sp³-hybridized carbons (Fsp3) is 0.250. The maximum atomic E-state index is 13.3. The lowest BCUT2D eigenvalue weighted by atomic mass is 10.1. The highest BCUT2D eigenvalue weighted by atomic mass is 35.5. The second-order valence-electron chi connectivity index (χ2n) is 8.38. The van der Waals surface area contributed by atoms with Crippen LogP contribution in [0.4, 0.5) is 0 Å². The second-order valence-corrected chi connectivity index (χ2v) is 8.78. The van der Waals surface area contributed by atoms with Crippen LogP contribution in [-0.4, -0.2) is 34.3 Å². The molecule has 1 atom stereocenters. The number of carbonyl (C=O) groups excluding carboxylic acids is 2. The zero-order chi connectivity index (χ0) is 24.5. The lowest BCUT2D eigenvalue weighted by molar-refractivity contribution is -0.137. The predicted molar refractivity (Wildman–Crippen MR) is 137 cm³/mol. The van der Waals surface area contributed by atoms with Gasteiger partial charge >= 0.3 is 0 Å². The minimum Gasteiger partial charge on any atom is -0.487 e. The van der Waals surface area contributed by atoms with Gasteiger partial charge in [0.15, 0.2) is 0 Å². The number of halogens is 1. The summed E-state index contributed by atoms with van der Waals surface area (Å²) >= 11 is 6.23. The van der Waals surface area contributed by atoms with Crippen LogP contribution in [0.15, 0.2) is 79.0 Å². The van der Waals surface area contributed by atoms with Crippen molar-refractivity contribution in [2.24, 2.45) is 0 Å². The summed E-state index contributed by atoms with van der Waals surface area (Å²) in [6.45, 7) is 1.32. The number of hydrogen-bond donors (Lipinski definition) is 1. The van der Waals surface area contributed by atoms with Gasteiger partial charge in [-0.05, 0) is 66.8 Å². The lowest BCUT2D eigenvalue weighted by Gasteiger charge is -2.29. The molecular weight excluding hydrogens is 462 g/mol. The number of aromatic nitrogens is 1. The van der Waals surface area contributed by atoms with Gasteiger partial charge in [-0.3, -0.25) is 14.6 Å². The molecule has 0 saturated carbocycles. The molecule has 1 fully saturated rings. The van der Waals surface area contributed by atoms with Crippen molar-refractivity contribution in [2.45, 2.75) is 38.5 Å². The maximum absolute atomic E-state index is 13.3. The van der Waals surface area contributed by atoms with Crippen LogP contribution >= 0.6 is 11.6 Å². The number of carbonyl (C=O) groups is 2. The van der Waals surface area contributed by atoms with Crippen molar-refractivity contribution in [3.8, 4) is 5.75 Å². The zero-order valence-electron chi connectivity index (χ0n) is 19.4. The van der Waals surface area contributed by atoms with Gasteiger partial charge in [-0.2, -0.15) is 0 Å². The molecule has 6 nitrogen and oxygen atoms in total. The van der Waals surface area contributed by atoms with Gasteiger partial charge in [0.05, 0.1) is 5.69 Å². The number of ether oxygens (including phenoxy) is 1. The van der Waals surface area contributed by atoms with Crippen molar-refractivity contribution in [3.63, 3.8) is 0 Å². The van der Waals surface area contributed by atoms with Gasteiger partial charge in [0, 0.05) is 30.4 Å². The van der Waals surface area contributed by atoms with E-state index in [1.807, 2.05) is 60.7 Å². The van der Waals surface area contributed by atoms with Gasteiger partial charge in [-0.15, -0.1) is 0 Å². The van der Waals surface area contributed by atoms with Gasteiger partial charge in [0.2, 0.25) is 11.8 Å². The Kier molecular flexibility index (Phi) is 8.52. The number of hydrogen-bond acceptors (Lipinski definition) is 4. The van der Waals surface area contributed by atoms with E-state index in [4.69, 9.17) is 16.3 Å². The van der Waals surface area contributed by atoms with Crippen LogP contribution in [0.1, 0.15) is 36.1 Å². The normalized spacial score (nSPS) is 15.9. The molecule has 1 N–H and O–H groups in total. The van der Waals surface area contributed by atoms with Gasteiger partial charge < -0.3 is 15.0 Å². The molecule has 3 aromatic rings. The van der Waals surface area contributed by atoms with E-state index in [0.29, 0.717) is 36.9 Å². The van der Waals surface area contributed by atoms with E-state index in [1.54, 1.807) is 23.2 Å². The average molecular weight is 490 g/mol. The molecule has 0 bridgehead atoms. The highest BCUT2D eigenvalue weighted by Gasteiger charge is 2.30. The van der Waals surface area contributed by atoms with Crippen LogP contribution in [0.2, 0.25) is 5.02 Å². The first kappa shape index (κ1) is 24.5. The molecule has 35 heavy (non-hydrogen) atoms. The molecule has 2 aromatic carbocycles. The van der Waals surface area contributed by atoms with Gasteiger partial charge in [0.1, 0.15) is 18.4 Å². The number of rotatable bonds is 8. The number of benzene rings is 2. The molecule has 1 aliphatic rings. The Labute approximate surface area is 210 Å². The zero-order valence-corrected chi connectivity index (χ0v) is 20.2. The van der Waals surface area contributed by atoms with Crippen LogP contribution in [0.5, 0.6) is 5.75 Å². The molecule has 2 heterocycles. The summed E-state index contributed by atoms with van der Waals surface area (Å²) < 4.78 is 5.82. The summed E-state index contributed by atoms with van der Waals surface area (Å²) in [5.74, 6) is 0.364. The summed E-state index contributed by atoms with van der Waals surface area (Å²) in [6, 6.07) is 20.1. The Morgan fingerprint density at radius 2 is 1.89 bits per heavy atom. The molecule has 0 aliphatic carbocycles. The summed E-state index contributed by atoms with van der Waals surface area (Å²) in [4.78, 5) is 32.0. The number of nitrogens with zero attached hydrogens (tertiary/aromatic N) is 2. The van der Waals surface area contributed by atoms with Crippen molar-refractivity contribution in [2.75, 3.05) is 6.54 Å². The van der Waals surface area contributed by atoms with E-state index in [9.17, 15) is 9.59 Å². The summed E-state index contributed by atoms with van der Waals surface area (Å²) in [7, 11) is 0. The first-order valence-corrected chi connectivity index (χ1v) is 12.1. The Bertz CT molecular complexity index is 1170. The lowest BCUT2D eigenvalue weighted by Crippen LogP contribution is -2.47. The minimum absolute atomic E-state index is 0.114. The van der Waals surface area contributed by atoms with Crippen LogP contribution in [0.25, 0.3) is 6.08 Å². The van der Waals surface area contributed by atoms with Gasteiger partial charge in [-0.1, -0.05) is 48.0 Å². The Morgan fingerprint density at radius 3 is 2.66 bits per heavy atom. The van der Waals surface area contributed by atoms with Crippen LogP contribution in [-0.2, 0) is 22.7 Å². The van der Waals surface area contributed by atoms with E-state index in [0.717, 1.165) is 29.7 Å². The predicted octanol–water partition coefficient (Wildman–Crippen LogP) is 5.02. The third-order valence-electron chi connectivity index (χ3n) is 5.87. The highest BCUT2D eigenvalue weighted by Crippen LogP contribution is 2.21. The molecule has 1 saturated heterocycles. The number of nitrogens with one attached hydrogen (secondary N) is 1. The quantitative estimate of drug-likeness (QED) is 0.451. The highest BCUT2D eigenvalue weighted by molar-refractivity contribution is 6.32. The van der Waals surface area contributed by atoms with Crippen molar-refractivity contribution in [3.05, 3.63) is 101 Å². The third-order valence-corrected chi connectivity index (χ3v) is 6.21. The number of pyridine rings is 1. The summed E-state index contributed by atoms with van der Waals surface area (Å²) in [5, 5.41) is 3.50. The Morgan fingerprint density at radius 1 is 1.09 bits per heavy atom. The second kappa shape index (κ2) is 12.2. The molecule has 0 unspecified atom stereocenters. The van der Waals surface area contributed by atoms with Crippen LogP contribution in [0, 0.1) is 0 Å². The molecule has 1 aliphatic heterocycles. The van der Waals surface area contributed by atoms with E-state index in [-0.39, 0.29) is 11.8 Å². The van der Waals surface area contributed by atoms with E-state index >= 15 is 0 Å². The monoisotopic (exact) mass is 489 g/mol. The topological polar surface area (TPSA) is 71.5 Å². The Hall–Kier alpha value is -3.64. The van der Waals surface area contributed by atoms with E-state index < -0.39 is 6.04 Å². The first-order valence-electron chi connectivity index (χ1n) is 11.7. The molecule has 1 aromatic heterocycles. The Balaban J connectivity index is 1.49. The molecule has 0 radical (unpaired) electrons. The standard InChI is InChI=1S/C28H28ClN3O3/c29-25-9-2-1-7-22(25)13-16-27(33)32(26-10-4-6-18-31-28(26)34)19-21-11-14-24(15-12-21)35-20-23-8-3-5-17-30-23/h1-3,5,7-9,11-17,26H,4,6,10,18-20H2,(H,31,34)/t26-/m0/s1. The summed E-state index contributed by atoms with van der Waals surface area (Å²) in [5.41, 5.74) is 2.51. The van der Waals surface area contributed by atoms with Gasteiger partial charge in [-0.25, -0.2) is 0 Å². The number of amides is 2. The molecule has 0 spiro atoms. The van der Waals surface area contributed by atoms with E-state index in [2.05, 4.69) is 10.3 Å². The van der Waals surface area contributed by atoms with E-state index in [1.165, 1.54) is 6.08 Å². The largest absolute Gasteiger partial charge is 0.487 e. The average Bonchev–Trinajstić information content (AvgIpc) is 3.11. The summed E-state index contributed by atoms with van der Waals surface area (Å²) in [6.07, 6.45) is 7.33. The smallest absolute Gasteiger partial charge is 0.247 e. The molecule has 4 rings (SSSR count). The third kappa shape index (κ3) is 6.93. The fourth-order valence-electron chi connectivity index (χ4n) is 3.96. The maximum Gasteiger partial charge on any atom is 0.247 e. The molecule has 180 valence electrons. The van der Waals surface area contributed by atoms with Crippen LogP contribution < -0.4 is 10.1 Å². The van der Waals surface area contributed by atoms with Gasteiger partial charge in [0.25, 0.3) is 0 Å². The molecular formula is C28H28ClN3O3. The first-order chi connectivity index (χ1) is 17.1. The SMILES string of the molecule is O=C1NCCCC[C@@H]1N(Cc1ccc(OCc2ccccn2)cc1)C(=O)C=Cc1ccccc1Cl. The molecule has 2 amide bonds. The fourth-order valence-corrected chi connectivity index (χ4v) is 4.16.